The van der Waals surface area contributed by atoms with Gasteiger partial charge in [-0.3, -0.25) is 14.8 Å². The van der Waals surface area contributed by atoms with E-state index in [1.807, 2.05) is 13.1 Å². The fraction of sp³-hybridized carbons (Fsp3) is 0.583. The summed E-state index contributed by atoms with van der Waals surface area (Å²) in [4.78, 5) is 14.4. The summed E-state index contributed by atoms with van der Waals surface area (Å²) in [7, 11) is 4.11. The Kier molecular flexibility index (Phi) is 8.14. The molecule has 0 radical (unpaired) electrons. The van der Waals surface area contributed by atoms with Crippen LogP contribution in [0.15, 0.2) is 52.2 Å². The molecule has 2 fully saturated rings. The first-order chi connectivity index (χ1) is 15.7. The summed E-state index contributed by atoms with van der Waals surface area (Å²) in [5.41, 5.74) is 2.42. The third-order valence-electron chi connectivity index (χ3n) is 6.54. The lowest BCUT2D eigenvalue weighted by Crippen LogP contribution is -2.52. The first-order valence-corrected chi connectivity index (χ1v) is 11.8. The summed E-state index contributed by atoms with van der Waals surface area (Å²) in [5, 5.41) is 7.62. The zero-order chi connectivity index (χ0) is 22.2. The molecule has 1 unspecified atom stereocenters. The van der Waals surface area contributed by atoms with E-state index in [2.05, 4.69) is 72.4 Å². The quantitative estimate of drug-likeness (QED) is 0.401. The van der Waals surface area contributed by atoms with E-state index in [0.717, 1.165) is 83.5 Å². The second-order valence-corrected chi connectivity index (χ2v) is 8.81. The van der Waals surface area contributed by atoms with Crippen LogP contribution in [0.1, 0.15) is 23.7 Å². The average molecular weight is 440 g/mol. The smallest absolute Gasteiger partial charge is 0.193 e. The van der Waals surface area contributed by atoms with E-state index < -0.39 is 0 Å². The first-order valence-electron chi connectivity index (χ1n) is 11.8. The molecule has 4 rings (SSSR count). The number of rotatable bonds is 7. The van der Waals surface area contributed by atoms with Gasteiger partial charge in [0.2, 0.25) is 0 Å². The van der Waals surface area contributed by atoms with Crippen molar-refractivity contribution in [2.45, 2.75) is 19.0 Å². The molecule has 8 heteroatoms. The van der Waals surface area contributed by atoms with Crippen molar-refractivity contribution >= 4 is 5.96 Å². The van der Waals surface area contributed by atoms with Crippen LogP contribution < -0.4 is 5.32 Å². The Morgan fingerprint density at radius 2 is 1.91 bits per heavy atom. The number of guanidine groups is 1. The van der Waals surface area contributed by atoms with Gasteiger partial charge in [0.05, 0.1) is 5.69 Å². The molecule has 2 aromatic rings. The molecule has 0 bridgehead atoms. The SMILES string of the molecule is CN=C(NCCCN1CCN(C)CC1c1ccccc1)N1CCN(Cc2ccon2)CC1. The van der Waals surface area contributed by atoms with Gasteiger partial charge in [-0.1, -0.05) is 35.5 Å². The summed E-state index contributed by atoms with van der Waals surface area (Å²) < 4.78 is 4.95. The number of aliphatic imine (C=N–C) groups is 1. The molecule has 2 aliphatic rings. The van der Waals surface area contributed by atoms with Gasteiger partial charge < -0.3 is 19.6 Å². The van der Waals surface area contributed by atoms with Gasteiger partial charge in [-0.15, -0.1) is 0 Å². The molecule has 1 atom stereocenters. The Morgan fingerprint density at radius 1 is 1.09 bits per heavy atom. The highest BCUT2D eigenvalue weighted by Gasteiger charge is 2.26. The number of hydrogen-bond acceptors (Lipinski definition) is 6. The number of aromatic nitrogens is 1. The van der Waals surface area contributed by atoms with Gasteiger partial charge in [-0.2, -0.15) is 0 Å². The maximum atomic E-state index is 4.95. The van der Waals surface area contributed by atoms with E-state index in [4.69, 9.17) is 4.52 Å². The molecule has 0 aliphatic carbocycles. The fourth-order valence-electron chi connectivity index (χ4n) is 4.70. The van der Waals surface area contributed by atoms with Gasteiger partial charge in [0, 0.05) is 84.6 Å². The van der Waals surface area contributed by atoms with Crippen LogP contribution in [0.25, 0.3) is 0 Å². The maximum Gasteiger partial charge on any atom is 0.193 e. The predicted molar refractivity (Wildman–Crippen MR) is 128 cm³/mol. The summed E-state index contributed by atoms with van der Waals surface area (Å²) in [5.74, 6) is 1.02. The largest absolute Gasteiger partial charge is 0.364 e. The highest BCUT2D eigenvalue weighted by Crippen LogP contribution is 2.24. The van der Waals surface area contributed by atoms with Crippen molar-refractivity contribution in [1.29, 1.82) is 0 Å². The molecule has 32 heavy (non-hydrogen) atoms. The lowest BCUT2D eigenvalue weighted by molar-refractivity contribution is 0.0890. The Bertz CT molecular complexity index is 818. The molecule has 2 aliphatic heterocycles. The summed E-state index contributed by atoms with van der Waals surface area (Å²) in [6, 6.07) is 13.4. The molecule has 8 nitrogen and oxygen atoms in total. The van der Waals surface area contributed by atoms with E-state index in [1.165, 1.54) is 5.56 Å². The molecule has 0 amide bonds. The Morgan fingerprint density at radius 3 is 2.62 bits per heavy atom. The van der Waals surface area contributed by atoms with Gasteiger partial charge in [-0.05, 0) is 19.0 Å². The minimum absolute atomic E-state index is 0.479. The molecule has 174 valence electrons. The fourth-order valence-corrected chi connectivity index (χ4v) is 4.70. The standard InChI is InChI=1S/C24H37N7O/c1-25-24(31-16-13-29(14-17-31)19-22-9-18-32-27-22)26-10-6-11-30-15-12-28(2)20-23(30)21-7-4-3-5-8-21/h3-5,7-9,18,23H,6,10-17,19-20H2,1-2H3,(H,25,26). The minimum Gasteiger partial charge on any atom is -0.364 e. The Labute approximate surface area is 191 Å². The second kappa shape index (κ2) is 11.4. The van der Waals surface area contributed by atoms with E-state index in [9.17, 15) is 0 Å². The normalized spacial score (nSPS) is 21.8. The number of nitrogens with one attached hydrogen (secondary N) is 1. The van der Waals surface area contributed by atoms with Gasteiger partial charge in [0.25, 0.3) is 0 Å². The molecule has 2 saturated heterocycles. The number of likely N-dealkylation sites (N-methyl/N-ethyl adjacent to an activating group) is 1. The minimum atomic E-state index is 0.479. The zero-order valence-electron chi connectivity index (χ0n) is 19.5. The summed E-state index contributed by atoms with van der Waals surface area (Å²) >= 11 is 0. The van der Waals surface area contributed by atoms with Crippen molar-refractivity contribution in [3.05, 3.63) is 53.9 Å². The zero-order valence-corrected chi connectivity index (χ0v) is 19.5. The van der Waals surface area contributed by atoms with Crippen molar-refractivity contribution in [2.75, 3.05) is 73.0 Å². The van der Waals surface area contributed by atoms with Crippen molar-refractivity contribution in [3.63, 3.8) is 0 Å². The molecule has 0 spiro atoms. The third-order valence-corrected chi connectivity index (χ3v) is 6.54. The van der Waals surface area contributed by atoms with Gasteiger partial charge in [0.15, 0.2) is 5.96 Å². The number of piperazine rings is 2. The molecule has 1 N–H and O–H groups in total. The molecule has 3 heterocycles. The number of hydrogen-bond donors (Lipinski definition) is 1. The van der Waals surface area contributed by atoms with Crippen LogP contribution in [0.3, 0.4) is 0 Å². The molecule has 1 aromatic heterocycles. The van der Waals surface area contributed by atoms with E-state index in [0.29, 0.717) is 6.04 Å². The maximum absolute atomic E-state index is 4.95. The molecule has 1 aromatic carbocycles. The van der Waals surface area contributed by atoms with Crippen LogP contribution in [0, 0.1) is 0 Å². The summed E-state index contributed by atoms with van der Waals surface area (Å²) in [6.07, 6.45) is 2.75. The highest BCUT2D eigenvalue weighted by molar-refractivity contribution is 5.79. The third kappa shape index (κ3) is 6.09. The topological polar surface area (TPSA) is 63.4 Å². The van der Waals surface area contributed by atoms with Gasteiger partial charge in [0.1, 0.15) is 6.26 Å². The van der Waals surface area contributed by atoms with Gasteiger partial charge >= 0.3 is 0 Å². The number of benzene rings is 1. The number of nitrogens with zero attached hydrogens (tertiary/aromatic N) is 6. The van der Waals surface area contributed by atoms with E-state index in [1.54, 1.807) is 6.26 Å². The second-order valence-electron chi connectivity index (χ2n) is 8.81. The first kappa shape index (κ1) is 22.8. The van der Waals surface area contributed by atoms with Crippen LogP contribution in [0.2, 0.25) is 0 Å². The van der Waals surface area contributed by atoms with Crippen molar-refractivity contribution in [2.24, 2.45) is 4.99 Å². The van der Waals surface area contributed by atoms with Crippen LogP contribution in [-0.2, 0) is 6.54 Å². The van der Waals surface area contributed by atoms with E-state index >= 15 is 0 Å². The lowest BCUT2D eigenvalue weighted by atomic mass is 10.0. The van der Waals surface area contributed by atoms with Crippen LogP contribution in [-0.4, -0.2) is 104 Å². The van der Waals surface area contributed by atoms with Crippen molar-refractivity contribution in [1.82, 2.24) is 30.1 Å². The highest BCUT2D eigenvalue weighted by atomic mass is 16.5. The molecular weight excluding hydrogens is 402 g/mol. The molecule has 0 saturated carbocycles. The summed E-state index contributed by atoms with van der Waals surface area (Å²) in [6.45, 7) is 10.2. The van der Waals surface area contributed by atoms with Crippen LogP contribution in [0.4, 0.5) is 0 Å². The lowest BCUT2D eigenvalue weighted by Gasteiger charge is -2.40. The van der Waals surface area contributed by atoms with Gasteiger partial charge in [-0.25, -0.2) is 0 Å². The Balaban J connectivity index is 1.20. The Hall–Kier alpha value is -2.42. The van der Waals surface area contributed by atoms with Crippen LogP contribution >= 0.6 is 0 Å². The monoisotopic (exact) mass is 439 g/mol. The average Bonchev–Trinajstić information content (AvgIpc) is 3.34. The van der Waals surface area contributed by atoms with Crippen molar-refractivity contribution in [3.8, 4) is 0 Å². The van der Waals surface area contributed by atoms with E-state index in [-0.39, 0.29) is 0 Å². The van der Waals surface area contributed by atoms with Crippen LogP contribution in [0.5, 0.6) is 0 Å². The predicted octanol–water partition coefficient (Wildman–Crippen LogP) is 1.75. The molecular formula is C24H37N7O. The van der Waals surface area contributed by atoms with Crippen molar-refractivity contribution < 1.29 is 4.52 Å².